The molecule has 28 heavy (non-hydrogen) atoms. The van der Waals surface area contributed by atoms with Gasteiger partial charge in [0, 0.05) is 36.5 Å². The minimum Gasteiger partial charge on any atom is -0.396 e. The van der Waals surface area contributed by atoms with E-state index in [0.717, 1.165) is 5.56 Å². The lowest BCUT2D eigenvalue weighted by atomic mass is 9.75. The van der Waals surface area contributed by atoms with Crippen molar-refractivity contribution in [2.75, 3.05) is 13.2 Å². The number of benzene rings is 1. The number of carbonyl (C=O) groups excluding carboxylic acids is 2. The quantitative estimate of drug-likeness (QED) is 0.778. The lowest BCUT2D eigenvalue weighted by Gasteiger charge is -2.32. The molecule has 0 atom stereocenters. The lowest BCUT2D eigenvalue weighted by molar-refractivity contribution is 0.0908. The van der Waals surface area contributed by atoms with Crippen LogP contribution in [0.1, 0.15) is 58.7 Å². The van der Waals surface area contributed by atoms with Crippen LogP contribution < -0.4 is 10.9 Å². The highest BCUT2D eigenvalue weighted by atomic mass is 16.3. The molecule has 148 valence electrons. The first-order chi connectivity index (χ1) is 13.2. The Kier molecular flexibility index (Phi) is 5.52. The molecule has 1 aromatic heterocycles. The zero-order valence-electron chi connectivity index (χ0n) is 16.5. The van der Waals surface area contributed by atoms with Crippen molar-refractivity contribution in [1.29, 1.82) is 0 Å². The van der Waals surface area contributed by atoms with Crippen molar-refractivity contribution < 1.29 is 14.7 Å². The van der Waals surface area contributed by atoms with Crippen LogP contribution in [0.4, 0.5) is 0 Å². The van der Waals surface area contributed by atoms with Crippen molar-refractivity contribution in [1.82, 2.24) is 9.88 Å². The molecule has 0 spiro atoms. The number of nitrogens with one attached hydrogen (secondary N) is 1. The number of rotatable bonds is 5. The molecule has 0 unspecified atom stereocenters. The average Bonchev–Trinajstić information content (AvgIpc) is 2.62. The Bertz CT molecular complexity index is 971. The number of aliphatic hydroxyl groups is 1. The summed E-state index contributed by atoms with van der Waals surface area (Å²) in [7, 11) is 0. The summed E-state index contributed by atoms with van der Waals surface area (Å²) in [6, 6.07) is 8.90. The number of nitrogens with zero attached hydrogens (tertiary/aromatic N) is 1. The molecule has 1 aromatic carbocycles. The van der Waals surface area contributed by atoms with Crippen LogP contribution in [-0.4, -0.2) is 34.5 Å². The molecule has 0 bridgehead atoms. The van der Waals surface area contributed by atoms with Crippen molar-refractivity contribution in [3.05, 3.63) is 63.1 Å². The van der Waals surface area contributed by atoms with E-state index in [1.165, 1.54) is 10.6 Å². The van der Waals surface area contributed by atoms with Crippen molar-refractivity contribution in [2.24, 2.45) is 5.41 Å². The Hall–Kier alpha value is -2.73. The number of carbonyl (C=O) groups is 2. The molecule has 2 aromatic rings. The summed E-state index contributed by atoms with van der Waals surface area (Å²) in [4.78, 5) is 38.6. The highest BCUT2D eigenvalue weighted by Gasteiger charge is 2.35. The van der Waals surface area contributed by atoms with Gasteiger partial charge in [0.25, 0.3) is 11.5 Å². The summed E-state index contributed by atoms with van der Waals surface area (Å²) in [5, 5.41) is 11.5. The van der Waals surface area contributed by atoms with Crippen molar-refractivity contribution in [3.8, 4) is 5.69 Å². The van der Waals surface area contributed by atoms with Gasteiger partial charge >= 0.3 is 0 Å². The first-order valence-corrected chi connectivity index (χ1v) is 9.52. The number of aryl methyl sites for hydroxylation is 1. The number of pyridine rings is 1. The Labute approximate surface area is 164 Å². The molecule has 1 heterocycles. The van der Waals surface area contributed by atoms with E-state index in [4.69, 9.17) is 5.11 Å². The van der Waals surface area contributed by atoms with Crippen molar-refractivity contribution in [3.63, 3.8) is 0 Å². The van der Waals surface area contributed by atoms with Gasteiger partial charge in [-0.1, -0.05) is 31.5 Å². The van der Waals surface area contributed by atoms with E-state index >= 15 is 0 Å². The molecule has 6 nitrogen and oxygen atoms in total. The number of fused-ring (bicyclic) bond motifs is 1. The summed E-state index contributed by atoms with van der Waals surface area (Å²) in [5.41, 5.74) is 2.05. The predicted molar refractivity (Wildman–Crippen MR) is 107 cm³/mol. The van der Waals surface area contributed by atoms with Gasteiger partial charge in [-0.05, 0) is 43.4 Å². The van der Waals surface area contributed by atoms with Gasteiger partial charge in [-0.15, -0.1) is 0 Å². The van der Waals surface area contributed by atoms with Crippen molar-refractivity contribution >= 4 is 11.7 Å². The topological polar surface area (TPSA) is 88.4 Å². The third-order valence-electron chi connectivity index (χ3n) is 5.05. The third kappa shape index (κ3) is 3.92. The predicted octanol–water partition coefficient (Wildman–Crippen LogP) is 2.41. The van der Waals surface area contributed by atoms with E-state index in [0.29, 0.717) is 36.2 Å². The standard InChI is InChI=1S/C22H26N2O4/c1-14-5-7-15(8-6-14)24-18-12-22(2,3)13-19(26)16(18)11-17(21(24)28)20(27)23-9-4-10-25/h5-8,11,25H,4,9-10,12-13H2,1-3H3,(H,23,27). The maximum Gasteiger partial charge on any atom is 0.268 e. The molecule has 0 radical (unpaired) electrons. The van der Waals surface area contributed by atoms with Crippen LogP contribution in [0.15, 0.2) is 35.1 Å². The van der Waals surface area contributed by atoms with E-state index in [1.807, 2.05) is 45.0 Å². The molecule has 2 N–H and O–H groups in total. The Morgan fingerprint density at radius 1 is 1.18 bits per heavy atom. The van der Waals surface area contributed by atoms with Crippen LogP contribution in [0, 0.1) is 12.3 Å². The van der Waals surface area contributed by atoms with Crippen LogP contribution in [0.25, 0.3) is 5.69 Å². The third-order valence-corrected chi connectivity index (χ3v) is 5.05. The minimum atomic E-state index is -0.528. The van der Waals surface area contributed by atoms with E-state index in [2.05, 4.69) is 5.32 Å². The van der Waals surface area contributed by atoms with E-state index in [-0.39, 0.29) is 29.9 Å². The van der Waals surface area contributed by atoms with Gasteiger partial charge < -0.3 is 10.4 Å². The molecule has 0 saturated carbocycles. The second-order valence-corrected chi connectivity index (χ2v) is 8.17. The number of amides is 1. The first kappa shape index (κ1) is 20.0. The lowest BCUT2D eigenvalue weighted by Crippen LogP contribution is -2.39. The fourth-order valence-corrected chi connectivity index (χ4v) is 3.62. The first-order valence-electron chi connectivity index (χ1n) is 9.52. The zero-order chi connectivity index (χ0) is 20.5. The van der Waals surface area contributed by atoms with Gasteiger partial charge in [0.2, 0.25) is 0 Å². The molecule has 0 saturated heterocycles. The molecule has 6 heteroatoms. The van der Waals surface area contributed by atoms with Crippen LogP contribution in [0.2, 0.25) is 0 Å². The summed E-state index contributed by atoms with van der Waals surface area (Å²) >= 11 is 0. The normalized spacial score (nSPS) is 15.2. The van der Waals surface area contributed by atoms with Gasteiger partial charge in [0.05, 0.1) is 0 Å². The summed E-state index contributed by atoms with van der Waals surface area (Å²) < 4.78 is 1.51. The summed E-state index contributed by atoms with van der Waals surface area (Å²) in [6.45, 7) is 6.18. The maximum absolute atomic E-state index is 13.3. The summed E-state index contributed by atoms with van der Waals surface area (Å²) in [6.07, 6.45) is 1.34. The summed E-state index contributed by atoms with van der Waals surface area (Å²) in [5.74, 6) is -0.587. The number of aliphatic hydroxyl groups excluding tert-OH is 1. The van der Waals surface area contributed by atoms with Crippen LogP contribution in [0.3, 0.4) is 0 Å². The van der Waals surface area contributed by atoms with Gasteiger partial charge in [-0.2, -0.15) is 0 Å². The number of Topliss-reactive ketones (excluding diaryl/α,β-unsaturated/α-hetero) is 1. The number of hydrogen-bond donors (Lipinski definition) is 2. The highest BCUT2D eigenvalue weighted by molar-refractivity contribution is 6.02. The molecule has 1 amide bonds. The second kappa shape index (κ2) is 7.72. The second-order valence-electron chi connectivity index (χ2n) is 8.17. The largest absolute Gasteiger partial charge is 0.396 e. The van der Waals surface area contributed by atoms with E-state index in [9.17, 15) is 14.4 Å². The molecule has 0 fully saturated rings. The van der Waals surface area contributed by atoms with E-state index < -0.39 is 11.5 Å². The van der Waals surface area contributed by atoms with Gasteiger partial charge in [0.15, 0.2) is 5.78 Å². The SMILES string of the molecule is Cc1ccc(-n2c3c(cc(C(=O)NCCCO)c2=O)C(=O)CC(C)(C)C3)cc1. The monoisotopic (exact) mass is 382 g/mol. The highest BCUT2D eigenvalue weighted by Crippen LogP contribution is 2.35. The van der Waals surface area contributed by atoms with Crippen molar-refractivity contribution in [2.45, 2.75) is 40.0 Å². The van der Waals surface area contributed by atoms with Gasteiger partial charge in [-0.25, -0.2) is 0 Å². The van der Waals surface area contributed by atoms with Crippen LogP contribution in [-0.2, 0) is 6.42 Å². The van der Waals surface area contributed by atoms with Gasteiger partial charge in [-0.3, -0.25) is 19.0 Å². The molecular weight excluding hydrogens is 356 g/mol. The van der Waals surface area contributed by atoms with Gasteiger partial charge in [0.1, 0.15) is 5.56 Å². The minimum absolute atomic E-state index is 0.0500. The molecule has 0 aliphatic heterocycles. The molecule has 1 aliphatic carbocycles. The average molecular weight is 382 g/mol. The molecule has 1 aliphatic rings. The Morgan fingerprint density at radius 3 is 2.50 bits per heavy atom. The molecule has 3 rings (SSSR count). The number of aromatic nitrogens is 1. The van der Waals surface area contributed by atoms with E-state index in [1.54, 1.807) is 0 Å². The smallest absolute Gasteiger partial charge is 0.268 e. The Balaban J connectivity index is 2.20. The molecular formula is C22H26N2O4. The maximum atomic E-state index is 13.3. The number of ketones is 1. The van der Waals surface area contributed by atoms with Crippen LogP contribution >= 0.6 is 0 Å². The fourth-order valence-electron chi connectivity index (χ4n) is 3.62. The zero-order valence-corrected chi connectivity index (χ0v) is 16.5. The van der Waals surface area contributed by atoms with Crippen LogP contribution in [0.5, 0.6) is 0 Å². The Morgan fingerprint density at radius 2 is 1.86 bits per heavy atom. The fraction of sp³-hybridized carbons (Fsp3) is 0.409. The number of hydrogen-bond acceptors (Lipinski definition) is 4.